The van der Waals surface area contributed by atoms with Crippen LogP contribution in [0.5, 0.6) is 0 Å². The van der Waals surface area contributed by atoms with Crippen LogP contribution in [0, 0.1) is 0 Å². The molecular weight excluding hydrogens is 256 g/mol. The van der Waals surface area contributed by atoms with Gasteiger partial charge in [-0.05, 0) is 0 Å². The van der Waals surface area contributed by atoms with Crippen molar-refractivity contribution in [3.63, 3.8) is 0 Å². The molecule has 0 saturated carbocycles. The van der Waals surface area contributed by atoms with Crippen LogP contribution in [0.2, 0.25) is 0 Å². The molecule has 0 aliphatic heterocycles. The van der Waals surface area contributed by atoms with Crippen LogP contribution in [0.15, 0.2) is 12.2 Å². The molecule has 2 nitrogen and oxygen atoms in total. The van der Waals surface area contributed by atoms with Gasteiger partial charge in [0.05, 0.1) is 0 Å². The highest BCUT2D eigenvalue weighted by Gasteiger charge is 2.67. The van der Waals surface area contributed by atoms with Crippen LogP contribution in [-0.2, 0) is 9.53 Å². The highest BCUT2D eigenvalue weighted by Crippen LogP contribution is 2.40. The molecule has 10 heteroatoms. The Morgan fingerprint density at radius 3 is 1.88 bits per heavy atom. The topological polar surface area (TPSA) is 26.3 Å². The maximum absolute atomic E-state index is 12.5. The third kappa shape index (κ3) is 2.83. The van der Waals surface area contributed by atoms with E-state index in [-0.39, 0.29) is 0 Å². The molecule has 0 spiro atoms. The van der Waals surface area contributed by atoms with Crippen molar-refractivity contribution in [2.24, 2.45) is 0 Å². The summed E-state index contributed by atoms with van der Waals surface area (Å²) in [5, 5.41) is 0. The van der Waals surface area contributed by atoms with Gasteiger partial charge in [0, 0.05) is 0 Å². The van der Waals surface area contributed by atoms with E-state index in [1.807, 2.05) is 0 Å². The Morgan fingerprint density at radius 1 is 1.19 bits per heavy atom. The molecule has 0 radical (unpaired) electrons. The molecule has 0 amide bonds. The van der Waals surface area contributed by atoms with Crippen molar-refractivity contribution in [3.05, 3.63) is 12.2 Å². The normalized spacial score (nSPS) is 17.2. The number of halogens is 8. The van der Waals surface area contributed by atoms with E-state index in [2.05, 4.69) is 4.74 Å². The summed E-state index contributed by atoms with van der Waals surface area (Å²) in [5.41, 5.74) is 0. The molecule has 94 valence electrons. The fourth-order valence-electron chi connectivity index (χ4n) is 0.454. The highest BCUT2D eigenvalue weighted by atomic mass is 19.4. The third-order valence-electron chi connectivity index (χ3n) is 1.20. The van der Waals surface area contributed by atoms with E-state index >= 15 is 0 Å². The highest BCUT2D eigenvalue weighted by molar-refractivity contribution is 5.85. The van der Waals surface area contributed by atoms with Crippen LogP contribution in [0.4, 0.5) is 35.1 Å². The predicted molar refractivity (Wildman–Crippen MR) is 32.3 cm³/mol. The van der Waals surface area contributed by atoms with Gasteiger partial charge in [-0.3, -0.25) is 0 Å². The Hall–Kier alpha value is -1.35. The van der Waals surface area contributed by atoms with Gasteiger partial charge in [-0.2, -0.15) is 22.0 Å². The van der Waals surface area contributed by atoms with Crippen LogP contribution in [0.3, 0.4) is 0 Å². The lowest BCUT2D eigenvalue weighted by Crippen LogP contribution is -2.51. The van der Waals surface area contributed by atoms with Gasteiger partial charge < -0.3 is 4.74 Å². The Labute approximate surface area is 82.5 Å². The van der Waals surface area contributed by atoms with E-state index in [1.165, 1.54) is 0 Å². The predicted octanol–water partition coefficient (Wildman–Crippen LogP) is 2.80. The number of ether oxygens (including phenoxy) is 1. The van der Waals surface area contributed by atoms with Gasteiger partial charge in [0.25, 0.3) is 0 Å². The second-order valence-electron chi connectivity index (χ2n) is 2.29. The summed E-state index contributed by atoms with van der Waals surface area (Å²) in [7, 11) is 0. The first-order valence-corrected chi connectivity index (χ1v) is 3.29. The van der Waals surface area contributed by atoms with Crippen LogP contribution < -0.4 is 0 Å². The van der Waals surface area contributed by atoms with Crippen LogP contribution in [0.25, 0.3) is 0 Å². The van der Waals surface area contributed by atoms with Crippen molar-refractivity contribution in [2.45, 2.75) is 18.5 Å². The molecular formula is C6H2F8O2. The minimum Gasteiger partial charge on any atom is -0.409 e. The van der Waals surface area contributed by atoms with Crippen LogP contribution in [0.1, 0.15) is 0 Å². The molecule has 0 aromatic carbocycles. The van der Waals surface area contributed by atoms with Crippen LogP contribution >= 0.6 is 0 Å². The molecule has 1 unspecified atom stereocenters. The summed E-state index contributed by atoms with van der Waals surface area (Å²) < 4.78 is 96.9. The SMILES string of the molecule is O=C(OC(F)(C(F)F)C(F)(F)F)C(F)=CF. The monoisotopic (exact) mass is 258 g/mol. The number of alkyl halides is 6. The molecule has 0 aliphatic carbocycles. The van der Waals surface area contributed by atoms with E-state index in [1.54, 1.807) is 0 Å². The summed E-state index contributed by atoms with van der Waals surface area (Å²) >= 11 is 0. The first-order chi connectivity index (χ1) is 7.06. The van der Waals surface area contributed by atoms with E-state index in [9.17, 15) is 39.9 Å². The average Bonchev–Trinajstić information content (AvgIpc) is 2.14. The first kappa shape index (κ1) is 14.7. The number of hydrogen-bond acceptors (Lipinski definition) is 2. The quantitative estimate of drug-likeness (QED) is 0.442. The van der Waals surface area contributed by atoms with Gasteiger partial charge >= 0.3 is 24.4 Å². The standard InChI is InChI=1S/C6H2F8O2/c7-1-2(8)3(15)16-5(11,4(9)10)6(12,13)14/h1,4H. The fraction of sp³-hybridized carbons (Fsp3) is 0.500. The van der Waals surface area contributed by atoms with Crippen molar-refractivity contribution in [1.29, 1.82) is 0 Å². The van der Waals surface area contributed by atoms with E-state index in [0.29, 0.717) is 0 Å². The van der Waals surface area contributed by atoms with Crippen molar-refractivity contribution < 1.29 is 44.7 Å². The van der Waals surface area contributed by atoms with E-state index in [4.69, 9.17) is 0 Å². The summed E-state index contributed by atoms with van der Waals surface area (Å²) in [5.74, 6) is -11.1. The van der Waals surface area contributed by atoms with Gasteiger partial charge in [0.15, 0.2) is 0 Å². The van der Waals surface area contributed by atoms with Crippen molar-refractivity contribution >= 4 is 5.97 Å². The zero-order valence-electron chi connectivity index (χ0n) is 6.99. The van der Waals surface area contributed by atoms with E-state index in [0.717, 1.165) is 0 Å². The Morgan fingerprint density at radius 2 is 1.62 bits per heavy atom. The second kappa shape index (κ2) is 4.66. The number of carbonyl (C=O) groups is 1. The van der Waals surface area contributed by atoms with Crippen molar-refractivity contribution in [3.8, 4) is 0 Å². The molecule has 0 bridgehead atoms. The average molecular weight is 258 g/mol. The maximum atomic E-state index is 12.5. The minimum atomic E-state index is -6.28. The Kier molecular flexibility index (Phi) is 4.27. The number of hydrogen-bond donors (Lipinski definition) is 0. The molecule has 0 heterocycles. The molecule has 0 saturated heterocycles. The summed E-state index contributed by atoms with van der Waals surface area (Å²) in [6, 6.07) is 0. The summed E-state index contributed by atoms with van der Waals surface area (Å²) in [4.78, 5) is 10.2. The second-order valence-corrected chi connectivity index (χ2v) is 2.29. The molecule has 0 fully saturated rings. The molecule has 0 aromatic rings. The number of esters is 1. The molecule has 16 heavy (non-hydrogen) atoms. The summed E-state index contributed by atoms with van der Waals surface area (Å²) in [6.07, 6.45) is -12.2. The smallest absolute Gasteiger partial charge is 0.409 e. The number of rotatable bonds is 3. The van der Waals surface area contributed by atoms with Gasteiger partial charge in [0.1, 0.15) is 6.33 Å². The molecule has 1 atom stereocenters. The van der Waals surface area contributed by atoms with Gasteiger partial charge in [-0.1, -0.05) is 0 Å². The Bertz CT molecular complexity index is 295. The van der Waals surface area contributed by atoms with E-state index < -0.39 is 36.6 Å². The zero-order chi connectivity index (χ0) is 13.1. The van der Waals surface area contributed by atoms with Crippen molar-refractivity contribution in [1.82, 2.24) is 0 Å². The lowest BCUT2D eigenvalue weighted by atomic mass is 10.3. The van der Waals surface area contributed by atoms with Crippen LogP contribution in [-0.4, -0.2) is 24.4 Å². The van der Waals surface area contributed by atoms with Gasteiger partial charge in [-0.15, -0.1) is 0 Å². The maximum Gasteiger partial charge on any atom is 0.466 e. The zero-order valence-corrected chi connectivity index (χ0v) is 6.99. The van der Waals surface area contributed by atoms with Crippen molar-refractivity contribution in [2.75, 3.05) is 0 Å². The lowest BCUT2D eigenvalue weighted by molar-refractivity contribution is -0.355. The number of carbonyl (C=O) groups excluding carboxylic acids is 1. The minimum absolute atomic E-state index is 1.16. The summed E-state index contributed by atoms with van der Waals surface area (Å²) in [6.45, 7) is 0. The molecule has 0 rings (SSSR count). The van der Waals surface area contributed by atoms with Gasteiger partial charge in [0.2, 0.25) is 5.83 Å². The fourth-order valence-corrected chi connectivity index (χ4v) is 0.454. The Balaban J connectivity index is 5.07. The molecule has 0 aliphatic rings. The molecule has 0 aromatic heterocycles. The van der Waals surface area contributed by atoms with Gasteiger partial charge in [-0.25, -0.2) is 18.0 Å². The largest absolute Gasteiger partial charge is 0.466 e. The third-order valence-corrected chi connectivity index (χ3v) is 1.20. The molecule has 0 N–H and O–H groups in total. The first-order valence-electron chi connectivity index (χ1n) is 3.29. The lowest BCUT2D eigenvalue weighted by Gasteiger charge is -2.25.